The van der Waals surface area contributed by atoms with E-state index in [9.17, 15) is 0 Å². The van der Waals surface area contributed by atoms with Crippen LogP contribution in [-0.4, -0.2) is 15.1 Å². The van der Waals surface area contributed by atoms with Crippen molar-refractivity contribution < 1.29 is 4.52 Å². The van der Waals surface area contributed by atoms with Crippen LogP contribution in [0.4, 0.5) is 0 Å². The van der Waals surface area contributed by atoms with Crippen LogP contribution in [-0.2, 0) is 5.54 Å². The van der Waals surface area contributed by atoms with Gasteiger partial charge in [0.25, 0.3) is 5.89 Å². The lowest BCUT2D eigenvalue weighted by molar-refractivity contribution is 0.275. The van der Waals surface area contributed by atoms with Gasteiger partial charge in [-0.3, -0.25) is 4.98 Å². The summed E-state index contributed by atoms with van der Waals surface area (Å²) < 4.78 is 5.44. The highest BCUT2D eigenvalue weighted by Crippen LogP contribution is 2.34. The summed E-state index contributed by atoms with van der Waals surface area (Å²) in [6, 6.07) is 9.98. The summed E-state index contributed by atoms with van der Waals surface area (Å²) in [5, 5.41) is 5.18. The number of para-hydroxylation sites is 1. The summed E-state index contributed by atoms with van der Waals surface area (Å²) in [5.74, 6) is 1.11. The molecular formula is C17H18N4O. The molecule has 0 aliphatic heterocycles. The Labute approximate surface area is 128 Å². The summed E-state index contributed by atoms with van der Waals surface area (Å²) in [6.45, 7) is 0. The molecule has 1 aliphatic rings. The molecule has 1 aliphatic carbocycles. The second-order valence-electron chi connectivity index (χ2n) is 6.06. The molecule has 2 aromatic heterocycles. The Bertz CT molecular complexity index is 805. The number of rotatable bonds is 2. The zero-order valence-corrected chi connectivity index (χ0v) is 12.3. The number of pyridine rings is 1. The molecule has 0 unspecified atom stereocenters. The molecular weight excluding hydrogens is 276 g/mol. The molecule has 5 heteroatoms. The summed E-state index contributed by atoms with van der Waals surface area (Å²) in [5.41, 5.74) is 7.80. The average Bonchev–Trinajstić information content (AvgIpc) is 3.06. The first-order valence-electron chi connectivity index (χ1n) is 7.73. The van der Waals surface area contributed by atoms with Crippen LogP contribution in [0.1, 0.15) is 37.9 Å². The van der Waals surface area contributed by atoms with Gasteiger partial charge in [0.15, 0.2) is 5.82 Å². The average molecular weight is 294 g/mol. The summed E-state index contributed by atoms with van der Waals surface area (Å²) in [7, 11) is 0. The minimum Gasteiger partial charge on any atom is -0.334 e. The fourth-order valence-corrected chi connectivity index (χ4v) is 3.14. The molecule has 2 N–H and O–H groups in total. The normalized spacial score (nSPS) is 17.7. The summed E-state index contributed by atoms with van der Waals surface area (Å²) in [4.78, 5) is 8.98. The third-order valence-electron chi connectivity index (χ3n) is 4.45. The van der Waals surface area contributed by atoms with Gasteiger partial charge in [0.05, 0.1) is 16.6 Å². The zero-order chi connectivity index (χ0) is 15.0. The first-order valence-corrected chi connectivity index (χ1v) is 7.73. The van der Waals surface area contributed by atoms with E-state index in [0.29, 0.717) is 11.7 Å². The van der Waals surface area contributed by atoms with Gasteiger partial charge in [-0.2, -0.15) is 4.98 Å². The van der Waals surface area contributed by atoms with Crippen molar-refractivity contribution in [1.82, 2.24) is 15.1 Å². The van der Waals surface area contributed by atoms with Gasteiger partial charge < -0.3 is 10.3 Å². The molecule has 4 rings (SSSR count). The topological polar surface area (TPSA) is 77.8 Å². The highest BCUT2D eigenvalue weighted by atomic mass is 16.5. The van der Waals surface area contributed by atoms with Crippen LogP contribution < -0.4 is 5.73 Å². The van der Waals surface area contributed by atoms with Crippen molar-refractivity contribution in [2.24, 2.45) is 5.73 Å². The highest BCUT2D eigenvalue weighted by Gasteiger charge is 2.34. The molecule has 0 spiro atoms. The fraction of sp³-hybridized carbons (Fsp3) is 0.353. The quantitative estimate of drug-likeness (QED) is 0.783. The number of nitrogens with zero attached hydrogens (tertiary/aromatic N) is 3. The molecule has 0 amide bonds. The van der Waals surface area contributed by atoms with E-state index in [0.717, 1.165) is 42.1 Å². The van der Waals surface area contributed by atoms with Crippen LogP contribution in [0.25, 0.3) is 22.4 Å². The number of aromatic nitrogens is 3. The Morgan fingerprint density at radius 2 is 1.91 bits per heavy atom. The number of hydrogen-bond donors (Lipinski definition) is 1. The maximum atomic E-state index is 6.46. The van der Waals surface area contributed by atoms with Crippen molar-refractivity contribution in [1.29, 1.82) is 0 Å². The van der Waals surface area contributed by atoms with E-state index in [1.54, 1.807) is 6.20 Å². The Morgan fingerprint density at radius 3 is 2.77 bits per heavy atom. The van der Waals surface area contributed by atoms with E-state index in [1.165, 1.54) is 6.42 Å². The fourth-order valence-electron chi connectivity index (χ4n) is 3.14. The van der Waals surface area contributed by atoms with Crippen molar-refractivity contribution in [2.45, 2.75) is 37.6 Å². The van der Waals surface area contributed by atoms with E-state index < -0.39 is 5.54 Å². The molecule has 1 fully saturated rings. The van der Waals surface area contributed by atoms with Crippen molar-refractivity contribution >= 4 is 10.9 Å². The summed E-state index contributed by atoms with van der Waals surface area (Å²) >= 11 is 0. The third kappa shape index (κ3) is 2.27. The highest BCUT2D eigenvalue weighted by molar-refractivity contribution is 5.82. The van der Waals surface area contributed by atoms with Crippen LogP contribution >= 0.6 is 0 Å². The number of nitrogens with two attached hydrogens (primary N) is 1. The molecule has 2 heterocycles. The zero-order valence-electron chi connectivity index (χ0n) is 12.3. The lowest BCUT2D eigenvalue weighted by atomic mass is 9.82. The molecule has 0 radical (unpaired) electrons. The van der Waals surface area contributed by atoms with Gasteiger partial charge in [-0.25, -0.2) is 0 Å². The maximum Gasteiger partial charge on any atom is 0.259 e. The Hall–Kier alpha value is -2.27. The lowest BCUT2D eigenvalue weighted by Gasteiger charge is -2.29. The maximum absolute atomic E-state index is 6.46. The van der Waals surface area contributed by atoms with Crippen LogP contribution in [0, 0.1) is 0 Å². The van der Waals surface area contributed by atoms with Crippen molar-refractivity contribution in [3.63, 3.8) is 0 Å². The number of hydrogen-bond acceptors (Lipinski definition) is 5. The molecule has 1 aromatic carbocycles. The van der Waals surface area contributed by atoms with Crippen molar-refractivity contribution in [3.8, 4) is 11.5 Å². The molecule has 22 heavy (non-hydrogen) atoms. The summed E-state index contributed by atoms with van der Waals surface area (Å²) in [6.07, 6.45) is 7.08. The van der Waals surface area contributed by atoms with Gasteiger partial charge >= 0.3 is 0 Å². The second kappa shape index (κ2) is 5.18. The Kier molecular flexibility index (Phi) is 3.15. The first-order chi connectivity index (χ1) is 10.7. The molecule has 3 aromatic rings. The number of benzene rings is 1. The Morgan fingerprint density at radius 1 is 1.09 bits per heavy atom. The first kappa shape index (κ1) is 13.4. The van der Waals surface area contributed by atoms with E-state index in [1.807, 2.05) is 30.3 Å². The van der Waals surface area contributed by atoms with Gasteiger partial charge in [-0.15, -0.1) is 0 Å². The van der Waals surface area contributed by atoms with E-state index in [4.69, 9.17) is 10.3 Å². The van der Waals surface area contributed by atoms with Crippen molar-refractivity contribution in [2.75, 3.05) is 0 Å². The van der Waals surface area contributed by atoms with E-state index in [-0.39, 0.29) is 0 Å². The largest absolute Gasteiger partial charge is 0.334 e. The van der Waals surface area contributed by atoms with Gasteiger partial charge in [0.1, 0.15) is 0 Å². The smallest absolute Gasteiger partial charge is 0.259 e. The molecule has 5 nitrogen and oxygen atoms in total. The minimum atomic E-state index is -0.440. The molecule has 0 saturated heterocycles. The van der Waals surface area contributed by atoms with Gasteiger partial charge in [-0.1, -0.05) is 42.6 Å². The lowest BCUT2D eigenvalue weighted by Crippen LogP contribution is -2.39. The SMILES string of the molecule is NC1(c2noc(-c3cnc4ccccc4c3)n2)CCCCC1. The van der Waals surface area contributed by atoms with Crippen LogP contribution in [0.5, 0.6) is 0 Å². The predicted molar refractivity (Wildman–Crippen MR) is 84.0 cm³/mol. The van der Waals surface area contributed by atoms with Gasteiger partial charge in [-0.05, 0) is 25.0 Å². The molecule has 0 atom stereocenters. The van der Waals surface area contributed by atoms with Crippen LogP contribution in [0.2, 0.25) is 0 Å². The monoisotopic (exact) mass is 294 g/mol. The molecule has 0 bridgehead atoms. The van der Waals surface area contributed by atoms with Crippen LogP contribution in [0.15, 0.2) is 41.1 Å². The van der Waals surface area contributed by atoms with E-state index >= 15 is 0 Å². The molecule has 1 saturated carbocycles. The number of fused-ring (bicyclic) bond motifs is 1. The van der Waals surface area contributed by atoms with E-state index in [2.05, 4.69) is 15.1 Å². The molecule has 112 valence electrons. The van der Waals surface area contributed by atoms with Crippen molar-refractivity contribution in [3.05, 3.63) is 42.4 Å². The van der Waals surface area contributed by atoms with Gasteiger partial charge in [0, 0.05) is 11.6 Å². The standard InChI is InChI=1S/C17H18N4O/c18-17(8-4-1-5-9-17)16-20-15(22-21-16)13-10-12-6-2-3-7-14(12)19-11-13/h2-3,6-7,10-11H,1,4-5,8-9,18H2. The van der Waals surface area contributed by atoms with Crippen LogP contribution in [0.3, 0.4) is 0 Å². The van der Waals surface area contributed by atoms with Gasteiger partial charge in [0.2, 0.25) is 0 Å². The Balaban J connectivity index is 1.70. The second-order valence-corrected chi connectivity index (χ2v) is 6.06. The predicted octanol–water partition coefficient (Wildman–Crippen LogP) is 3.40. The minimum absolute atomic E-state index is 0.440. The third-order valence-corrected chi connectivity index (χ3v) is 4.45.